The molecule has 0 bridgehead atoms. The number of rotatable bonds is 4. The minimum Gasteiger partial charge on any atom is -0.432 e. The highest BCUT2D eigenvalue weighted by Gasteiger charge is 2.30. The molecule has 0 spiro atoms. The summed E-state index contributed by atoms with van der Waals surface area (Å²) in [6, 6.07) is 9.89. The number of aromatic nitrogens is 2. The number of urea groups is 1. The number of alkyl halides is 2. The standard InChI is InChI=1S/C20H18F2N4O2/c21-19(22)28-17-6-5-15(14-3-1-9-24-18(14)17)25-20(27)26-12-2-4-16(26)13-7-10-23-11-8-13/h1,3,5-11,16,19H,2,4,12H2,(H,25,27)/t16-/m1/s1. The molecule has 28 heavy (non-hydrogen) atoms. The average Bonchev–Trinajstić information content (AvgIpc) is 3.20. The van der Waals surface area contributed by atoms with Crippen LogP contribution in [0, 0.1) is 0 Å². The summed E-state index contributed by atoms with van der Waals surface area (Å²) in [5.41, 5.74) is 1.80. The lowest BCUT2D eigenvalue weighted by Gasteiger charge is -2.25. The van der Waals surface area contributed by atoms with E-state index in [0.717, 1.165) is 18.4 Å². The van der Waals surface area contributed by atoms with Crippen molar-refractivity contribution in [1.29, 1.82) is 0 Å². The second kappa shape index (κ2) is 7.75. The maximum Gasteiger partial charge on any atom is 0.387 e. The van der Waals surface area contributed by atoms with Crippen molar-refractivity contribution < 1.29 is 18.3 Å². The predicted molar refractivity (Wildman–Crippen MR) is 100 cm³/mol. The molecule has 144 valence electrons. The van der Waals surface area contributed by atoms with Crippen LogP contribution in [-0.4, -0.2) is 34.1 Å². The maximum absolute atomic E-state index is 12.9. The molecule has 0 aliphatic carbocycles. The Labute approximate surface area is 160 Å². The molecular formula is C20H18F2N4O2. The van der Waals surface area contributed by atoms with E-state index in [1.807, 2.05) is 12.1 Å². The molecule has 0 unspecified atom stereocenters. The molecule has 0 radical (unpaired) electrons. The summed E-state index contributed by atoms with van der Waals surface area (Å²) in [6.45, 7) is -2.31. The topological polar surface area (TPSA) is 67.3 Å². The molecule has 3 heterocycles. The molecule has 1 aliphatic heterocycles. The summed E-state index contributed by atoms with van der Waals surface area (Å²) in [7, 11) is 0. The molecule has 2 amide bonds. The van der Waals surface area contributed by atoms with Crippen LogP contribution in [0.1, 0.15) is 24.4 Å². The van der Waals surface area contributed by atoms with Crippen LogP contribution in [0.2, 0.25) is 0 Å². The first-order chi connectivity index (χ1) is 13.6. The van der Waals surface area contributed by atoms with Crippen molar-refractivity contribution in [1.82, 2.24) is 14.9 Å². The molecule has 1 atom stereocenters. The average molecular weight is 384 g/mol. The van der Waals surface area contributed by atoms with E-state index in [1.54, 1.807) is 35.5 Å². The van der Waals surface area contributed by atoms with Gasteiger partial charge in [0.2, 0.25) is 0 Å². The van der Waals surface area contributed by atoms with Crippen molar-refractivity contribution in [2.24, 2.45) is 0 Å². The Morgan fingerprint density at radius 3 is 2.79 bits per heavy atom. The van der Waals surface area contributed by atoms with Gasteiger partial charge in [0.1, 0.15) is 5.52 Å². The van der Waals surface area contributed by atoms with Gasteiger partial charge >= 0.3 is 12.6 Å². The Balaban J connectivity index is 1.60. The third-order valence-electron chi connectivity index (χ3n) is 4.79. The zero-order chi connectivity index (χ0) is 19.5. The zero-order valence-electron chi connectivity index (χ0n) is 14.9. The van der Waals surface area contributed by atoms with E-state index in [4.69, 9.17) is 0 Å². The summed E-state index contributed by atoms with van der Waals surface area (Å²) < 4.78 is 29.8. The monoisotopic (exact) mass is 384 g/mol. The number of likely N-dealkylation sites (tertiary alicyclic amines) is 1. The summed E-state index contributed by atoms with van der Waals surface area (Å²) >= 11 is 0. The fraction of sp³-hybridized carbons (Fsp3) is 0.250. The summed E-state index contributed by atoms with van der Waals surface area (Å²) in [5, 5.41) is 3.43. The molecule has 1 aliphatic rings. The lowest BCUT2D eigenvalue weighted by Crippen LogP contribution is -2.34. The van der Waals surface area contributed by atoms with Crippen molar-refractivity contribution in [2.45, 2.75) is 25.5 Å². The molecular weight excluding hydrogens is 366 g/mol. The largest absolute Gasteiger partial charge is 0.432 e. The van der Waals surface area contributed by atoms with E-state index >= 15 is 0 Å². The van der Waals surface area contributed by atoms with Crippen LogP contribution in [-0.2, 0) is 0 Å². The number of carbonyl (C=O) groups is 1. The van der Waals surface area contributed by atoms with E-state index in [2.05, 4.69) is 20.0 Å². The normalized spacial score (nSPS) is 16.5. The highest BCUT2D eigenvalue weighted by Crippen LogP contribution is 2.34. The first kappa shape index (κ1) is 18.1. The Morgan fingerprint density at radius 1 is 1.18 bits per heavy atom. The van der Waals surface area contributed by atoms with E-state index in [-0.39, 0.29) is 23.3 Å². The highest BCUT2D eigenvalue weighted by atomic mass is 19.3. The van der Waals surface area contributed by atoms with Crippen LogP contribution in [0.3, 0.4) is 0 Å². The number of ether oxygens (including phenoxy) is 1. The van der Waals surface area contributed by atoms with Crippen LogP contribution >= 0.6 is 0 Å². The first-order valence-corrected chi connectivity index (χ1v) is 8.93. The van der Waals surface area contributed by atoms with Crippen molar-refractivity contribution in [3.8, 4) is 5.75 Å². The number of nitrogens with zero attached hydrogens (tertiary/aromatic N) is 3. The van der Waals surface area contributed by atoms with Gasteiger partial charge in [-0.05, 0) is 54.8 Å². The molecule has 0 saturated carbocycles. The predicted octanol–water partition coefficient (Wildman–Crippen LogP) is 4.60. The molecule has 8 heteroatoms. The number of amides is 2. The molecule has 6 nitrogen and oxygen atoms in total. The number of fused-ring (bicyclic) bond motifs is 1. The Morgan fingerprint density at radius 2 is 2.00 bits per heavy atom. The second-order valence-corrected chi connectivity index (χ2v) is 6.45. The number of hydrogen-bond acceptors (Lipinski definition) is 4. The molecule has 1 N–H and O–H groups in total. The molecule has 2 aromatic heterocycles. The number of pyridine rings is 2. The van der Waals surface area contributed by atoms with Gasteiger partial charge < -0.3 is 15.0 Å². The van der Waals surface area contributed by atoms with Gasteiger partial charge in [0, 0.05) is 30.5 Å². The molecule has 4 rings (SSSR count). The van der Waals surface area contributed by atoms with Crippen LogP contribution in [0.15, 0.2) is 55.0 Å². The number of anilines is 1. The smallest absolute Gasteiger partial charge is 0.387 e. The van der Waals surface area contributed by atoms with Gasteiger partial charge in [-0.2, -0.15) is 8.78 Å². The zero-order valence-corrected chi connectivity index (χ0v) is 14.9. The fourth-order valence-corrected chi connectivity index (χ4v) is 3.58. The maximum atomic E-state index is 12.9. The van der Waals surface area contributed by atoms with Crippen LogP contribution < -0.4 is 10.1 Å². The van der Waals surface area contributed by atoms with Crippen molar-refractivity contribution in [3.63, 3.8) is 0 Å². The third kappa shape index (κ3) is 3.58. The molecule has 1 saturated heterocycles. The summed E-state index contributed by atoms with van der Waals surface area (Å²) in [6.07, 6.45) is 6.70. The van der Waals surface area contributed by atoms with E-state index in [0.29, 0.717) is 17.6 Å². The number of carbonyl (C=O) groups excluding carboxylic acids is 1. The SMILES string of the molecule is O=C(Nc1ccc(OC(F)F)c2ncccc12)N1CCC[C@@H]1c1ccncc1. The lowest BCUT2D eigenvalue weighted by molar-refractivity contribution is -0.0489. The second-order valence-electron chi connectivity index (χ2n) is 6.45. The van der Waals surface area contributed by atoms with E-state index < -0.39 is 6.61 Å². The van der Waals surface area contributed by atoms with Gasteiger partial charge in [-0.1, -0.05) is 0 Å². The Bertz CT molecular complexity index is 984. The number of nitrogens with one attached hydrogen (secondary N) is 1. The van der Waals surface area contributed by atoms with Gasteiger partial charge in [0.25, 0.3) is 0 Å². The third-order valence-corrected chi connectivity index (χ3v) is 4.79. The number of hydrogen-bond donors (Lipinski definition) is 1. The molecule has 1 aromatic carbocycles. The van der Waals surface area contributed by atoms with Gasteiger partial charge in [0.15, 0.2) is 5.75 Å². The molecule has 3 aromatic rings. The molecule has 1 fully saturated rings. The minimum atomic E-state index is -2.95. The fourth-order valence-electron chi connectivity index (χ4n) is 3.58. The van der Waals surface area contributed by atoms with Crippen LogP contribution in [0.25, 0.3) is 10.9 Å². The quantitative estimate of drug-likeness (QED) is 0.714. The van der Waals surface area contributed by atoms with Gasteiger partial charge in [0.05, 0.1) is 11.7 Å². The van der Waals surface area contributed by atoms with Crippen LogP contribution in [0.4, 0.5) is 19.3 Å². The van der Waals surface area contributed by atoms with Crippen molar-refractivity contribution in [2.75, 3.05) is 11.9 Å². The Kier molecular flexibility index (Phi) is 5.01. The number of halogens is 2. The Hall–Kier alpha value is -3.29. The minimum absolute atomic E-state index is 0.0196. The van der Waals surface area contributed by atoms with Crippen molar-refractivity contribution in [3.05, 3.63) is 60.6 Å². The van der Waals surface area contributed by atoms with E-state index in [9.17, 15) is 13.6 Å². The lowest BCUT2D eigenvalue weighted by atomic mass is 10.1. The van der Waals surface area contributed by atoms with Gasteiger partial charge in [-0.15, -0.1) is 0 Å². The number of benzene rings is 1. The highest BCUT2D eigenvalue weighted by molar-refractivity contribution is 6.02. The summed E-state index contributed by atoms with van der Waals surface area (Å²) in [5.74, 6) is -0.0283. The van der Waals surface area contributed by atoms with Gasteiger partial charge in [-0.3, -0.25) is 9.97 Å². The summed E-state index contributed by atoms with van der Waals surface area (Å²) in [4.78, 5) is 22.9. The van der Waals surface area contributed by atoms with Crippen LogP contribution in [0.5, 0.6) is 5.75 Å². The van der Waals surface area contributed by atoms with Crippen molar-refractivity contribution >= 4 is 22.6 Å². The van der Waals surface area contributed by atoms with Gasteiger partial charge in [-0.25, -0.2) is 4.79 Å². The van der Waals surface area contributed by atoms with E-state index in [1.165, 1.54) is 12.3 Å². The first-order valence-electron chi connectivity index (χ1n) is 8.93.